The molecule has 1 saturated carbocycles. The first-order chi connectivity index (χ1) is 15.1. The summed E-state index contributed by atoms with van der Waals surface area (Å²) in [6.07, 6.45) is 6.80. The van der Waals surface area contributed by atoms with E-state index in [9.17, 15) is 9.59 Å². The molecule has 0 saturated heterocycles. The molecule has 9 nitrogen and oxygen atoms in total. The standard InChI is InChI=1S/C22H29ClN6O3/c1-22(2,3)32-21(31)27-15-8-6-5-7-14(15)26-19-17(23)13-10-24-20(30)16(13)18(28-19)12-9-25-29(4)11-12/h9,11,14-15H,5-8,10H2,1-4H3,(H,24,30)(H,26,28)(H,27,31). The largest absolute Gasteiger partial charge is 0.444 e. The fourth-order valence-electron chi connectivity index (χ4n) is 4.24. The fraction of sp³-hybridized carbons (Fsp3) is 0.545. The van der Waals surface area contributed by atoms with Gasteiger partial charge in [0.05, 0.1) is 28.5 Å². The summed E-state index contributed by atoms with van der Waals surface area (Å²) in [5, 5.41) is 13.9. The first-order valence-corrected chi connectivity index (χ1v) is 11.3. The van der Waals surface area contributed by atoms with E-state index in [1.165, 1.54) is 0 Å². The molecule has 1 fully saturated rings. The summed E-state index contributed by atoms with van der Waals surface area (Å²) in [6.45, 7) is 5.87. The Bertz CT molecular complexity index is 1050. The Balaban J connectivity index is 1.63. The minimum atomic E-state index is -0.565. The highest BCUT2D eigenvalue weighted by Crippen LogP contribution is 2.37. The molecule has 10 heteroatoms. The summed E-state index contributed by atoms with van der Waals surface area (Å²) in [4.78, 5) is 29.6. The van der Waals surface area contributed by atoms with E-state index in [1.54, 1.807) is 10.9 Å². The van der Waals surface area contributed by atoms with E-state index >= 15 is 0 Å². The first kappa shape index (κ1) is 22.4. The molecule has 2 unspecified atom stereocenters. The lowest BCUT2D eigenvalue weighted by Crippen LogP contribution is -2.50. The zero-order valence-electron chi connectivity index (χ0n) is 18.8. The van der Waals surface area contributed by atoms with Crippen LogP contribution < -0.4 is 16.0 Å². The summed E-state index contributed by atoms with van der Waals surface area (Å²) < 4.78 is 7.11. The zero-order valence-corrected chi connectivity index (χ0v) is 19.5. The van der Waals surface area contributed by atoms with Crippen molar-refractivity contribution in [2.24, 2.45) is 7.05 Å². The number of nitrogens with zero attached hydrogens (tertiary/aromatic N) is 3. The van der Waals surface area contributed by atoms with E-state index in [1.807, 2.05) is 34.0 Å². The number of pyridine rings is 1. The quantitative estimate of drug-likeness (QED) is 0.642. The Kier molecular flexibility index (Phi) is 6.03. The number of carbonyl (C=O) groups excluding carboxylic acids is 2. The van der Waals surface area contributed by atoms with Gasteiger partial charge in [0.25, 0.3) is 5.91 Å². The Morgan fingerprint density at radius 1 is 1.28 bits per heavy atom. The van der Waals surface area contributed by atoms with Gasteiger partial charge in [0.15, 0.2) is 0 Å². The Morgan fingerprint density at radius 2 is 2.00 bits per heavy atom. The number of aryl methyl sites for hydroxylation is 1. The molecule has 2 aromatic heterocycles. The van der Waals surface area contributed by atoms with Crippen LogP contribution in [0.4, 0.5) is 10.6 Å². The lowest BCUT2D eigenvalue weighted by molar-refractivity contribution is 0.0488. The normalized spacial score (nSPS) is 20.5. The number of fused-ring (bicyclic) bond motifs is 1. The number of amides is 2. The van der Waals surface area contributed by atoms with Gasteiger partial charge in [0, 0.05) is 37.0 Å². The molecule has 3 heterocycles. The predicted octanol–water partition coefficient (Wildman–Crippen LogP) is 3.63. The van der Waals surface area contributed by atoms with Crippen molar-refractivity contribution in [2.45, 2.75) is 70.7 Å². The Hall–Kier alpha value is -2.81. The summed E-state index contributed by atoms with van der Waals surface area (Å²) in [7, 11) is 1.81. The Labute approximate surface area is 192 Å². The zero-order chi connectivity index (χ0) is 23.0. The van der Waals surface area contributed by atoms with Crippen molar-refractivity contribution in [2.75, 3.05) is 5.32 Å². The smallest absolute Gasteiger partial charge is 0.407 e. The number of anilines is 1. The maximum atomic E-state index is 12.5. The predicted molar refractivity (Wildman–Crippen MR) is 122 cm³/mol. The van der Waals surface area contributed by atoms with Crippen LogP contribution in [0.5, 0.6) is 0 Å². The van der Waals surface area contributed by atoms with E-state index in [0.717, 1.165) is 36.8 Å². The molecule has 172 valence electrons. The van der Waals surface area contributed by atoms with Crippen LogP contribution in [0.15, 0.2) is 12.4 Å². The molecule has 0 radical (unpaired) electrons. The summed E-state index contributed by atoms with van der Waals surface area (Å²) in [5.41, 5.74) is 1.93. The highest BCUT2D eigenvalue weighted by molar-refractivity contribution is 6.34. The van der Waals surface area contributed by atoms with Gasteiger partial charge >= 0.3 is 6.09 Å². The van der Waals surface area contributed by atoms with E-state index in [2.05, 4.69) is 21.0 Å². The van der Waals surface area contributed by atoms with Gasteiger partial charge in [0.2, 0.25) is 0 Å². The third-order valence-corrected chi connectivity index (χ3v) is 6.06. The number of alkyl carbamates (subject to hydrolysis) is 1. The molecule has 2 aliphatic rings. The van der Waals surface area contributed by atoms with Crippen LogP contribution in [0.1, 0.15) is 62.4 Å². The van der Waals surface area contributed by atoms with E-state index in [-0.39, 0.29) is 18.0 Å². The van der Waals surface area contributed by atoms with Crippen LogP contribution >= 0.6 is 11.6 Å². The highest BCUT2D eigenvalue weighted by Gasteiger charge is 2.33. The van der Waals surface area contributed by atoms with Gasteiger partial charge in [0.1, 0.15) is 11.4 Å². The third-order valence-electron chi connectivity index (χ3n) is 5.66. The van der Waals surface area contributed by atoms with Crippen molar-refractivity contribution in [3.05, 3.63) is 28.5 Å². The topological polar surface area (TPSA) is 110 Å². The summed E-state index contributed by atoms with van der Waals surface area (Å²) in [5.74, 6) is 0.311. The minimum Gasteiger partial charge on any atom is -0.444 e. The molecule has 2 atom stereocenters. The second kappa shape index (κ2) is 8.61. The van der Waals surface area contributed by atoms with Gasteiger partial charge < -0.3 is 20.7 Å². The van der Waals surface area contributed by atoms with Crippen LogP contribution in [0, 0.1) is 0 Å². The number of carbonyl (C=O) groups is 2. The number of rotatable bonds is 4. The summed E-state index contributed by atoms with van der Waals surface area (Å²) in [6, 6.07) is -0.183. The minimum absolute atomic E-state index is 0.0638. The Morgan fingerprint density at radius 3 is 2.66 bits per heavy atom. The molecule has 1 aliphatic carbocycles. The van der Waals surface area contributed by atoms with Gasteiger partial charge in [-0.2, -0.15) is 5.10 Å². The maximum absolute atomic E-state index is 12.5. The molecule has 32 heavy (non-hydrogen) atoms. The number of nitrogens with one attached hydrogen (secondary N) is 3. The van der Waals surface area contributed by atoms with Gasteiger partial charge in [-0.25, -0.2) is 9.78 Å². The number of aromatic nitrogens is 3. The van der Waals surface area contributed by atoms with Gasteiger partial charge in [-0.3, -0.25) is 9.48 Å². The van der Waals surface area contributed by atoms with Crippen molar-refractivity contribution in [3.63, 3.8) is 0 Å². The van der Waals surface area contributed by atoms with Crippen molar-refractivity contribution >= 4 is 29.4 Å². The highest BCUT2D eigenvalue weighted by atomic mass is 35.5. The van der Waals surface area contributed by atoms with E-state index in [0.29, 0.717) is 28.6 Å². The van der Waals surface area contributed by atoms with Crippen molar-refractivity contribution in [3.8, 4) is 11.3 Å². The monoisotopic (exact) mass is 460 g/mol. The van der Waals surface area contributed by atoms with Crippen LogP contribution in [0.2, 0.25) is 5.02 Å². The molecular formula is C22H29ClN6O3. The van der Waals surface area contributed by atoms with E-state index < -0.39 is 11.7 Å². The van der Waals surface area contributed by atoms with E-state index in [4.69, 9.17) is 21.3 Å². The molecule has 1 aliphatic heterocycles. The van der Waals surface area contributed by atoms with Gasteiger partial charge in [-0.05, 0) is 33.6 Å². The van der Waals surface area contributed by atoms with Crippen LogP contribution in [-0.4, -0.2) is 44.4 Å². The second-order valence-corrected chi connectivity index (χ2v) is 9.73. The molecule has 0 spiro atoms. The first-order valence-electron chi connectivity index (χ1n) is 10.9. The van der Waals surface area contributed by atoms with Crippen LogP contribution in [0.3, 0.4) is 0 Å². The van der Waals surface area contributed by atoms with Crippen molar-refractivity contribution in [1.29, 1.82) is 0 Å². The number of hydrogen-bond donors (Lipinski definition) is 3. The van der Waals surface area contributed by atoms with Crippen LogP contribution in [-0.2, 0) is 18.3 Å². The van der Waals surface area contributed by atoms with Gasteiger partial charge in [-0.15, -0.1) is 0 Å². The average molecular weight is 461 g/mol. The molecule has 2 amide bonds. The fourth-order valence-corrected chi connectivity index (χ4v) is 4.50. The molecule has 2 aromatic rings. The average Bonchev–Trinajstić information content (AvgIpc) is 3.30. The number of ether oxygens (including phenoxy) is 1. The van der Waals surface area contributed by atoms with Crippen molar-refractivity contribution < 1.29 is 14.3 Å². The van der Waals surface area contributed by atoms with Gasteiger partial charge in [-0.1, -0.05) is 24.4 Å². The molecule has 3 N–H and O–H groups in total. The summed E-state index contributed by atoms with van der Waals surface area (Å²) >= 11 is 6.69. The molecule has 4 rings (SSSR count). The number of halogens is 1. The molecular weight excluding hydrogens is 432 g/mol. The van der Waals surface area contributed by atoms with Crippen LogP contribution in [0.25, 0.3) is 11.3 Å². The van der Waals surface area contributed by atoms with Crippen molar-refractivity contribution in [1.82, 2.24) is 25.4 Å². The molecule has 0 bridgehead atoms. The maximum Gasteiger partial charge on any atom is 0.407 e. The second-order valence-electron chi connectivity index (χ2n) is 9.35. The number of hydrogen-bond acceptors (Lipinski definition) is 6. The SMILES string of the molecule is Cn1cc(-c2nc(NC3CCCCC3NC(=O)OC(C)(C)C)c(Cl)c3c2C(=O)NC3)cn1. The lowest BCUT2D eigenvalue weighted by Gasteiger charge is -2.34. The third kappa shape index (κ3) is 4.67. The molecule has 0 aromatic carbocycles. The lowest BCUT2D eigenvalue weighted by atomic mass is 9.90.